The predicted octanol–water partition coefficient (Wildman–Crippen LogP) is 2.86. The number of halogens is 3. The average molecular weight is 231 g/mol. The van der Waals surface area contributed by atoms with Crippen LogP contribution in [-0.2, 0) is 0 Å². The number of hydrogen-bond donors (Lipinski definition) is 1. The van der Waals surface area contributed by atoms with Crippen molar-refractivity contribution >= 4 is 17.6 Å². The molecule has 0 spiro atoms. The first-order chi connectivity index (χ1) is 7.09. The smallest absolute Gasteiger partial charge is 0.292 e. The molecule has 0 saturated heterocycles. The fraction of sp³-hybridized carbons (Fsp3) is 0. The Morgan fingerprint density at radius 1 is 1.33 bits per heavy atom. The highest BCUT2D eigenvalue weighted by Gasteiger charge is 2.17. The van der Waals surface area contributed by atoms with Gasteiger partial charge >= 0.3 is 0 Å². The summed E-state index contributed by atoms with van der Waals surface area (Å²) in [6.07, 6.45) is 1.13. The van der Waals surface area contributed by atoms with Crippen molar-refractivity contribution in [2.24, 2.45) is 0 Å². The lowest BCUT2D eigenvalue weighted by Crippen LogP contribution is -1.89. The fourth-order valence-corrected chi connectivity index (χ4v) is 1.31. The summed E-state index contributed by atoms with van der Waals surface area (Å²) in [7, 11) is 0. The van der Waals surface area contributed by atoms with Crippen LogP contribution in [0.4, 0.5) is 14.8 Å². The zero-order valence-corrected chi connectivity index (χ0v) is 8.05. The molecule has 0 aliphatic heterocycles. The first kappa shape index (κ1) is 9.92. The van der Waals surface area contributed by atoms with Crippen LogP contribution in [0.3, 0.4) is 0 Å². The minimum absolute atomic E-state index is 0.0926. The summed E-state index contributed by atoms with van der Waals surface area (Å²) in [5, 5.41) is -0.193. The Morgan fingerprint density at radius 3 is 2.67 bits per heavy atom. The van der Waals surface area contributed by atoms with Crippen molar-refractivity contribution in [3.63, 3.8) is 0 Å². The summed E-state index contributed by atoms with van der Waals surface area (Å²) in [5.74, 6) is -1.77. The van der Waals surface area contributed by atoms with Gasteiger partial charge in [-0.1, -0.05) is 11.6 Å². The van der Waals surface area contributed by atoms with Crippen LogP contribution in [0.5, 0.6) is 0 Å². The number of anilines is 1. The molecule has 2 N–H and O–H groups in total. The van der Waals surface area contributed by atoms with Crippen LogP contribution >= 0.6 is 11.6 Å². The number of nitrogen functional groups attached to an aromatic ring is 1. The van der Waals surface area contributed by atoms with Gasteiger partial charge in [0, 0.05) is 0 Å². The van der Waals surface area contributed by atoms with Crippen molar-refractivity contribution < 1.29 is 13.2 Å². The van der Waals surface area contributed by atoms with E-state index in [0.717, 1.165) is 18.3 Å². The van der Waals surface area contributed by atoms with Crippen LogP contribution < -0.4 is 5.73 Å². The van der Waals surface area contributed by atoms with E-state index in [-0.39, 0.29) is 22.4 Å². The van der Waals surface area contributed by atoms with Crippen molar-refractivity contribution in [2.45, 2.75) is 0 Å². The van der Waals surface area contributed by atoms with E-state index in [1.165, 1.54) is 0 Å². The van der Waals surface area contributed by atoms with Gasteiger partial charge in [-0.25, -0.2) is 13.8 Å². The Hall–Kier alpha value is -1.62. The predicted molar refractivity (Wildman–Crippen MR) is 51.3 cm³/mol. The van der Waals surface area contributed by atoms with E-state index in [1.807, 2.05) is 0 Å². The lowest BCUT2D eigenvalue weighted by atomic mass is 10.1. The minimum atomic E-state index is -0.896. The second-order valence-electron chi connectivity index (χ2n) is 2.78. The summed E-state index contributed by atoms with van der Waals surface area (Å²) < 4.78 is 31.6. The van der Waals surface area contributed by atoms with Crippen molar-refractivity contribution in [1.82, 2.24) is 4.98 Å². The molecular formula is C9H5ClF2N2O. The molecule has 0 bridgehead atoms. The Bertz CT molecular complexity index is 513. The molecule has 0 aliphatic carbocycles. The highest BCUT2D eigenvalue weighted by molar-refractivity contribution is 6.31. The Balaban J connectivity index is 2.66. The SMILES string of the molecule is Nc1ncc(-c2c(F)ccc(Cl)c2F)o1. The fourth-order valence-electron chi connectivity index (χ4n) is 1.16. The summed E-state index contributed by atoms with van der Waals surface area (Å²) >= 11 is 5.51. The molecular weight excluding hydrogens is 226 g/mol. The monoisotopic (exact) mass is 230 g/mol. The third-order valence-corrected chi connectivity index (χ3v) is 2.11. The van der Waals surface area contributed by atoms with Gasteiger partial charge in [0.2, 0.25) is 0 Å². The second kappa shape index (κ2) is 3.51. The number of nitrogens with two attached hydrogens (primary N) is 1. The summed E-state index contributed by atoms with van der Waals surface area (Å²) in [5.41, 5.74) is 4.83. The van der Waals surface area contributed by atoms with Crippen LogP contribution in [0.25, 0.3) is 11.3 Å². The molecule has 1 aromatic heterocycles. The molecule has 2 rings (SSSR count). The zero-order valence-electron chi connectivity index (χ0n) is 7.30. The molecule has 3 nitrogen and oxygen atoms in total. The highest BCUT2D eigenvalue weighted by atomic mass is 35.5. The van der Waals surface area contributed by atoms with Gasteiger partial charge in [-0.15, -0.1) is 0 Å². The van der Waals surface area contributed by atoms with Gasteiger partial charge < -0.3 is 10.2 Å². The van der Waals surface area contributed by atoms with Gasteiger partial charge in [0.25, 0.3) is 6.01 Å². The van der Waals surface area contributed by atoms with Crippen molar-refractivity contribution in [1.29, 1.82) is 0 Å². The normalized spacial score (nSPS) is 10.6. The number of hydrogen-bond acceptors (Lipinski definition) is 3. The second-order valence-corrected chi connectivity index (χ2v) is 3.19. The highest BCUT2D eigenvalue weighted by Crippen LogP contribution is 2.31. The molecule has 0 radical (unpaired) electrons. The maximum atomic E-state index is 13.5. The molecule has 6 heteroatoms. The van der Waals surface area contributed by atoms with Gasteiger partial charge in [-0.3, -0.25) is 0 Å². The third kappa shape index (κ3) is 1.66. The molecule has 0 saturated carbocycles. The van der Waals surface area contributed by atoms with E-state index < -0.39 is 11.6 Å². The van der Waals surface area contributed by atoms with E-state index >= 15 is 0 Å². The standard InChI is InChI=1S/C9H5ClF2N2O/c10-4-1-2-5(11)7(8(4)12)6-3-14-9(13)15-6/h1-3H,(H2,13,14). The largest absolute Gasteiger partial charge is 0.424 e. The molecule has 0 fully saturated rings. The minimum Gasteiger partial charge on any atom is -0.424 e. The van der Waals surface area contributed by atoms with Crippen molar-refractivity contribution in [3.05, 3.63) is 35.0 Å². The molecule has 0 aliphatic rings. The van der Waals surface area contributed by atoms with E-state index in [4.69, 9.17) is 21.8 Å². The van der Waals surface area contributed by atoms with Crippen LogP contribution in [0, 0.1) is 11.6 Å². The van der Waals surface area contributed by atoms with E-state index in [0.29, 0.717) is 0 Å². The summed E-state index contributed by atoms with van der Waals surface area (Å²) in [6, 6.07) is 2.00. The van der Waals surface area contributed by atoms with Crippen molar-refractivity contribution in [3.8, 4) is 11.3 Å². The molecule has 0 atom stereocenters. The molecule has 78 valence electrons. The van der Waals surface area contributed by atoms with Gasteiger partial charge in [0.15, 0.2) is 11.6 Å². The molecule has 0 amide bonds. The Kier molecular flexibility index (Phi) is 2.32. The topological polar surface area (TPSA) is 52.0 Å². The number of aromatic nitrogens is 1. The summed E-state index contributed by atoms with van der Waals surface area (Å²) in [6.45, 7) is 0. The van der Waals surface area contributed by atoms with E-state index in [1.54, 1.807) is 0 Å². The van der Waals surface area contributed by atoms with Gasteiger partial charge in [0.05, 0.1) is 16.8 Å². The Labute approximate surface area is 88.5 Å². The number of benzene rings is 1. The first-order valence-electron chi connectivity index (χ1n) is 3.95. The van der Waals surface area contributed by atoms with Crippen LogP contribution in [0.15, 0.2) is 22.7 Å². The van der Waals surface area contributed by atoms with E-state index in [9.17, 15) is 8.78 Å². The van der Waals surface area contributed by atoms with Crippen molar-refractivity contribution in [2.75, 3.05) is 5.73 Å². The third-order valence-electron chi connectivity index (χ3n) is 1.81. The molecule has 15 heavy (non-hydrogen) atoms. The molecule has 1 heterocycles. The van der Waals surface area contributed by atoms with Crippen LogP contribution in [0.2, 0.25) is 5.02 Å². The molecule has 1 aromatic carbocycles. The van der Waals surface area contributed by atoms with Gasteiger partial charge in [0.1, 0.15) is 5.82 Å². The number of rotatable bonds is 1. The molecule has 0 unspecified atom stereocenters. The first-order valence-corrected chi connectivity index (χ1v) is 4.32. The maximum absolute atomic E-state index is 13.5. The Morgan fingerprint density at radius 2 is 2.07 bits per heavy atom. The molecule has 2 aromatic rings. The number of oxazole rings is 1. The van der Waals surface area contributed by atoms with Crippen LogP contribution in [-0.4, -0.2) is 4.98 Å². The quantitative estimate of drug-likeness (QED) is 0.767. The maximum Gasteiger partial charge on any atom is 0.292 e. The van der Waals surface area contributed by atoms with E-state index in [2.05, 4.69) is 4.98 Å². The number of nitrogens with zero attached hydrogens (tertiary/aromatic N) is 1. The van der Waals surface area contributed by atoms with Gasteiger partial charge in [-0.2, -0.15) is 0 Å². The lowest BCUT2D eigenvalue weighted by molar-refractivity contribution is 0.555. The zero-order chi connectivity index (χ0) is 11.0. The van der Waals surface area contributed by atoms with Crippen LogP contribution in [0.1, 0.15) is 0 Å². The van der Waals surface area contributed by atoms with Gasteiger partial charge in [-0.05, 0) is 12.1 Å². The summed E-state index contributed by atoms with van der Waals surface area (Å²) in [4.78, 5) is 3.54. The average Bonchev–Trinajstić information content (AvgIpc) is 2.59. The lowest BCUT2D eigenvalue weighted by Gasteiger charge is -2.02.